The third-order valence-corrected chi connectivity index (χ3v) is 4.50. The van der Waals surface area contributed by atoms with E-state index in [-0.39, 0.29) is 18.3 Å². The summed E-state index contributed by atoms with van der Waals surface area (Å²) in [6, 6.07) is 7.40. The average molecular weight is 326 g/mol. The second-order valence-electron chi connectivity index (χ2n) is 5.83. The number of aromatic hydroxyl groups is 1. The molecule has 0 bridgehead atoms. The normalized spacial score (nSPS) is 19.6. The highest BCUT2D eigenvalue weighted by atomic mass is 35.5. The van der Waals surface area contributed by atoms with Gasteiger partial charge in [-0.1, -0.05) is 12.1 Å². The standard InChI is InChI=1S/C16H23N3O2.ClH/c20-15-4-2-1-3-14(15)18-9-11-19(12-10-18)16(21)13-5-7-17-8-6-13;/h1-4,13,17,20H,5-12H2;1H. The second kappa shape index (κ2) is 7.70. The number of piperazine rings is 1. The number of piperidine rings is 1. The van der Waals surface area contributed by atoms with Gasteiger partial charge in [-0.15, -0.1) is 12.4 Å². The van der Waals surface area contributed by atoms with Crippen LogP contribution in [0.25, 0.3) is 0 Å². The molecule has 2 N–H and O–H groups in total. The van der Waals surface area contributed by atoms with Crippen LogP contribution in [0.2, 0.25) is 0 Å². The Bertz CT molecular complexity index is 498. The average Bonchev–Trinajstić information content (AvgIpc) is 2.56. The SMILES string of the molecule is Cl.O=C(C1CCNCC1)N1CCN(c2ccccc2O)CC1. The first-order chi connectivity index (χ1) is 10.3. The molecule has 2 fully saturated rings. The maximum atomic E-state index is 12.5. The molecule has 1 aromatic carbocycles. The van der Waals surface area contributed by atoms with E-state index in [4.69, 9.17) is 0 Å². The Morgan fingerprint density at radius 2 is 1.73 bits per heavy atom. The highest BCUT2D eigenvalue weighted by Gasteiger charge is 2.28. The van der Waals surface area contributed by atoms with Gasteiger partial charge in [0.2, 0.25) is 5.91 Å². The molecule has 0 aromatic heterocycles. The van der Waals surface area contributed by atoms with Gasteiger partial charge in [-0.25, -0.2) is 0 Å². The number of carbonyl (C=O) groups excluding carboxylic acids is 1. The van der Waals surface area contributed by atoms with Gasteiger partial charge in [0, 0.05) is 32.1 Å². The number of nitrogens with zero attached hydrogens (tertiary/aromatic N) is 2. The molecule has 2 heterocycles. The molecule has 6 heteroatoms. The minimum Gasteiger partial charge on any atom is -0.506 e. The Morgan fingerprint density at radius 3 is 2.36 bits per heavy atom. The van der Waals surface area contributed by atoms with Crippen LogP contribution in [0, 0.1) is 5.92 Å². The molecule has 0 saturated carbocycles. The summed E-state index contributed by atoms with van der Waals surface area (Å²) in [6.45, 7) is 4.97. The van der Waals surface area contributed by atoms with Crippen molar-refractivity contribution in [3.8, 4) is 5.75 Å². The van der Waals surface area contributed by atoms with Crippen LogP contribution >= 0.6 is 12.4 Å². The molecule has 0 spiro atoms. The zero-order valence-electron chi connectivity index (χ0n) is 12.7. The van der Waals surface area contributed by atoms with Crippen molar-refractivity contribution >= 4 is 24.0 Å². The molecule has 0 radical (unpaired) electrons. The molecule has 2 aliphatic heterocycles. The van der Waals surface area contributed by atoms with Crippen molar-refractivity contribution in [1.29, 1.82) is 0 Å². The quantitative estimate of drug-likeness (QED) is 0.864. The van der Waals surface area contributed by atoms with Crippen molar-refractivity contribution in [2.45, 2.75) is 12.8 Å². The maximum absolute atomic E-state index is 12.5. The topological polar surface area (TPSA) is 55.8 Å². The highest BCUT2D eigenvalue weighted by Crippen LogP contribution is 2.27. The largest absolute Gasteiger partial charge is 0.506 e. The highest BCUT2D eigenvalue weighted by molar-refractivity contribution is 5.85. The Labute approximate surface area is 137 Å². The number of amides is 1. The first kappa shape index (κ1) is 16.9. The molecule has 0 atom stereocenters. The zero-order chi connectivity index (χ0) is 14.7. The van der Waals surface area contributed by atoms with Crippen LogP contribution in [0.5, 0.6) is 5.75 Å². The zero-order valence-corrected chi connectivity index (χ0v) is 13.5. The Kier molecular flexibility index (Phi) is 5.91. The Morgan fingerprint density at radius 1 is 1.09 bits per heavy atom. The van der Waals surface area contributed by atoms with Crippen molar-refractivity contribution in [2.75, 3.05) is 44.2 Å². The van der Waals surface area contributed by atoms with E-state index in [1.807, 2.05) is 23.1 Å². The van der Waals surface area contributed by atoms with E-state index in [2.05, 4.69) is 10.2 Å². The van der Waals surface area contributed by atoms with Gasteiger partial charge in [0.15, 0.2) is 0 Å². The number of phenols is 1. The van der Waals surface area contributed by atoms with Crippen LogP contribution in [-0.2, 0) is 4.79 Å². The van der Waals surface area contributed by atoms with E-state index in [0.29, 0.717) is 11.7 Å². The maximum Gasteiger partial charge on any atom is 0.225 e. The molecule has 2 saturated heterocycles. The van der Waals surface area contributed by atoms with Crippen molar-refractivity contribution in [3.05, 3.63) is 24.3 Å². The number of phenolic OH excluding ortho intramolecular Hbond substituents is 1. The number of benzene rings is 1. The molecule has 0 unspecified atom stereocenters. The molecule has 0 aliphatic carbocycles. The Hall–Kier alpha value is -1.46. The smallest absolute Gasteiger partial charge is 0.225 e. The fourth-order valence-electron chi connectivity index (χ4n) is 3.23. The number of rotatable bonds is 2. The summed E-state index contributed by atoms with van der Waals surface area (Å²) >= 11 is 0. The lowest BCUT2D eigenvalue weighted by molar-refractivity contribution is -0.136. The van der Waals surface area contributed by atoms with Crippen LogP contribution in [-0.4, -0.2) is 55.2 Å². The third-order valence-electron chi connectivity index (χ3n) is 4.50. The molecule has 1 amide bonds. The monoisotopic (exact) mass is 325 g/mol. The van der Waals surface area contributed by atoms with Crippen LogP contribution < -0.4 is 10.2 Å². The second-order valence-corrected chi connectivity index (χ2v) is 5.83. The fraction of sp³-hybridized carbons (Fsp3) is 0.562. The minimum atomic E-state index is 0. The number of carbonyl (C=O) groups is 1. The van der Waals surface area contributed by atoms with Crippen LogP contribution in [0.1, 0.15) is 12.8 Å². The van der Waals surface area contributed by atoms with E-state index < -0.39 is 0 Å². The number of nitrogens with one attached hydrogen (secondary N) is 1. The van der Waals surface area contributed by atoms with Gasteiger partial charge < -0.3 is 20.2 Å². The summed E-state index contributed by atoms with van der Waals surface area (Å²) in [5, 5.41) is 13.2. The summed E-state index contributed by atoms with van der Waals surface area (Å²) in [4.78, 5) is 16.6. The first-order valence-corrected chi connectivity index (χ1v) is 7.78. The van der Waals surface area contributed by atoms with Gasteiger partial charge in [-0.05, 0) is 38.1 Å². The number of para-hydroxylation sites is 2. The molecule has 5 nitrogen and oxygen atoms in total. The van der Waals surface area contributed by atoms with Crippen LogP contribution in [0.4, 0.5) is 5.69 Å². The third kappa shape index (κ3) is 3.65. The molecule has 2 aliphatic rings. The van der Waals surface area contributed by atoms with Crippen molar-refractivity contribution in [3.63, 3.8) is 0 Å². The fourth-order valence-corrected chi connectivity index (χ4v) is 3.23. The van der Waals surface area contributed by atoms with Crippen molar-refractivity contribution in [2.24, 2.45) is 5.92 Å². The van der Waals surface area contributed by atoms with Crippen molar-refractivity contribution in [1.82, 2.24) is 10.2 Å². The molecule has 22 heavy (non-hydrogen) atoms. The molecular formula is C16H24ClN3O2. The van der Waals surface area contributed by atoms with Gasteiger partial charge in [0.1, 0.15) is 5.75 Å². The number of halogens is 1. The van der Waals surface area contributed by atoms with E-state index in [1.54, 1.807) is 6.07 Å². The van der Waals surface area contributed by atoms with E-state index >= 15 is 0 Å². The van der Waals surface area contributed by atoms with Gasteiger partial charge >= 0.3 is 0 Å². The van der Waals surface area contributed by atoms with Crippen LogP contribution in [0.15, 0.2) is 24.3 Å². The lowest BCUT2D eigenvalue weighted by Crippen LogP contribution is -2.51. The predicted octanol–water partition coefficient (Wildman–Crippen LogP) is 1.46. The van der Waals surface area contributed by atoms with Gasteiger partial charge in [0.25, 0.3) is 0 Å². The predicted molar refractivity (Wildman–Crippen MR) is 89.7 cm³/mol. The summed E-state index contributed by atoms with van der Waals surface area (Å²) < 4.78 is 0. The Balaban J connectivity index is 0.00000176. The molecule has 3 rings (SSSR count). The summed E-state index contributed by atoms with van der Waals surface area (Å²) in [5.41, 5.74) is 0.867. The minimum absolute atomic E-state index is 0. The van der Waals surface area contributed by atoms with E-state index in [1.165, 1.54) is 0 Å². The summed E-state index contributed by atoms with van der Waals surface area (Å²) in [5.74, 6) is 0.826. The van der Waals surface area contributed by atoms with E-state index in [0.717, 1.165) is 57.8 Å². The number of hydrogen-bond acceptors (Lipinski definition) is 4. The first-order valence-electron chi connectivity index (χ1n) is 7.78. The number of hydrogen-bond donors (Lipinski definition) is 2. The van der Waals surface area contributed by atoms with Crippen LogP contribution in [0.3, 0.4) is 0 Å². The molecular weight excluding hydrogens is 302 g/mol. The van der Waals surface area contributed by atoms with E-state index in [9.17, 15) is 9.90 Å². The van der Waals surface area contributed by atoms with Crippen molar-refractivity contribution < 1.29 is 9.90 Å². The lowest BCUT2D eigenvalue weighted by Gasteiger charge is -2.38. The van der Waals surface area contributed by atoms with Gasteiger partial charge in [0.05, 0.1) is 5.69 Å². The summed E-state index contributed by atoms with van der Waals surface area (Å²) in [7, 11) is 0. The lowest BCUT2D eigenvalue weighted by atomic mass is 9.96. The van der Waals surface area contributed by atoms with Gasteiger partial charge in [-0.3, -0.25) is 4.79 Å². The summed E-state index contributed by atoms with van der Waals surface area (Å²) in [6.07, 6.45) is 1.91. The molecule has 122 valence electrons. The van der Waals surface area contributed by atoms with Gasteiger partial charge in [-0.2, -0.15) is 0 Å². The number of anilines is 1. The molecule has 1 aromatic rings.